The third-order valence-corrected chi connectivity index (χ3v) is 2.88. The highest BCUT2D eigenvalue weighted by molar-refractivity contribution is 5.82. The monoisotopic (exact) mass is 356 g/mol. The Morgan fingerprint density at radius 1 is 1.12 bits per heavy atom. The van der Waals surface area contributed by atoms with Gasteiger partial charge in [-0.25, -0.2) is 4.79 Å². The lowest BCUT2D eigenvalue weighted by molar-refractivity contribution is -0.345. The summed E-state index contributed by atoms with van der Waals surface area (Å²) >= 11 is 0. The first-order chi connectivity index (χ1) is 11.0. The fourth-order valence-electron chi connectivity index (χ4n) is 1.99. The van der Waals surface area contributed by atoms with Gasteiger partial charge in [-0.05, 0) is 33.6 Å². The number of ether oxygens (including phenoxy) is 2. The predicted molar refractivity (Wildman–Crippen MR) is 82.3 cm³/mol. The van der Waals surface area contributed by atoms with Gasteiger partial charge in [-0.3, -0.25) is 9.53 Å². The zero-order chi connectivity index (χ0) is 19.0. The molecule has 1 fully saturated rings. The summed E-state index contributed by atoms with van der Waals surface area (Å²) in [6, 6.07) is 0. The van der Waals surface area contributed by atoms with Crippen LogP contribution in [0.25, 0.3) is 0 Å². The normalized spacial score (nSPS) is 16.1. The first-order valence-electron chi connectivity index (χ1n) is 7.95. The van der Waals surface area contributed by atoms with Crippen molar-refractivity contribution in [1.82, 2.24) is 10.2 Å². The molecule has 0 aromatic heterocycles. The second-order valence-corrected chi connectivity index (χ2v) is 6.00. The molecule has 0 aromatic carbocycles. The van der Waals surface area contributed by atoms with E-state index < -0.39 is 24.2 Å². The van der Waals surface area contributed by atoms with Crippen LogP contribution in [-0.2, 0) is 14.3 Å². The van der Waals surface area contributed by atoms with E-state index in [0.29, 0.717) is 0 Å². The molecule has 0 spiro atoms. The van der Waals surface area contributed by atoms with Gasteiger partial charge < -0.3 is 15.0 Å². The topological polar surface area (TPSA) is 67.9 Å². The lowest BCUT2D eigenvalue weighted by Gasteiger charge is -2.32. The molecule has 1 heterocycles. The minimum atomic E-state index is -4.66. The third kappa shape index (κ3) is 10.3. The van der Waals surface area contributed by atoms with Crippen LogP contribution in [0.5, 0.6) is 0 Å². The van der Waals surface area contributed by atoms with Crippen LogP contribution >= 0.6 is 0 Å². The van der Waals surface area contributed by atoms with Crippen molar-refractivity contribution in [1.29, 1.82) is 0 Å². The smallest absolute Gasteiger partial charge is 0.444 e. The van der Waals surface area contributed by atoms with Gasteiger partial charge in [-0.1, -0.05) is 13.8 Å². The van der Waals surface area contributed by atoms with Gasteiger partial charge in [0.15, 0.2) is 0 Å². The van der Waals surface area contributed by atoms with Crippen molar-refractivity contribution in [3.8, 4) is 0 Å². The number of carbonyl (C=O) groups is 2. The van der Waals surface area contributed by atoms with Crippen LogP contribution in [0, 0.1) is 0 Å². The number of rotatable bonds is 3. The van der Waals surface area contributed by atoms with Crippen LogP contribution in [0.2, 0.25) is 0 Å². The molecule has 0 aliphatic carbocycles. The second kappa shape index (κ2) is 9.71. The van der Waals surface area contributed by atoms with Crippen LogP contribution in [-0.4, -0.2) is 54.6 Å². The molecule has 9 heteroatoms. The molecule has 142 valence electrons. The maximum atomic E-state index is 12.1. The number of carbonyl (C=O) groups excluding carboxylic acids is 2. The number of halogens is 3. The minimum absolute atomic E-state index is 0.109. The Labute approximate surface area is 140 Å². The molecule has 24 heavy (non-hydrogen) atoms. The number of alkyl carbamates (subject to hydrolysis) is 1. The molecular weight excluding hydrogens is 329 g/mol. The predicted octanol–water partition coefficient (Wildman–Crippen LogP) is 3.06. The van der Waals surface area contributed by atoms with E-state index in [-0.39, 0.29) is 38.4 Å². The van der Waals surface area contributed by atoms with Crippen molar-refractivity contribution >= 4 is 12.0 Å². The van der Waals surface area contributed by atoms with Crippen LogP contribution in [0.3, 0.4) is 0 Å². The van der Waals surface area contributed by atoms with E-state index in [4.69, 9.17) is 4.74 Å². The summed E-state index contributed by atoms with van der Waals surface area (Å²) in [6.45, 7) is 9.16. The number of nitrogens with zero attached hydrogens (tertiary/aromatic N) is 1. The molecule has 0 bridgehead atoms. The Morgan fingerprint density at radius 2 is 1.62 bits per heavy atom. The van der Waals surface area contributed by atoms with Gasteiger partial charge >= 0.3 is 12.5 Å². The summed E-state index contributed by atoms with van der Waals surface area (Å²) in [5, 5.41) is 2.32. The fraction of sp³-hybridized carbons (Fsp3) is 0.867. The van der Waals surface area contributed by atoms with E-state index in [1.807, 2.05) is 13.8 Å². The van der Waals surface area contributed by atoms with Crippen molar-refractivity contribution in [3.63, 3.8) is 0 Å². The summed E-state index contributed by atoms with van der Waals surface area (Å²) in [5.74, 6) is -0.365. The van der Waals surface area contributed by atoms with Crippen molar-refractivity contribution in [2.24, 2.45) is 0 Å². The average Bonchev–Trinajstić information content (AvgIpc) is 2.44. The van der Waals surface area contributed by atoms with Crippen molar-refractivity contribution in [2.75, 3.05) is 19.6 Å². The number of amides is 2. The van der Waals surface area contributed by atoms with Crippen LogP contribution in [0.15, 0.2) is 0 Å². The van der Waals surface area contributed by atoms with Gasteiger partial charge in [0, 0.05) is 13.1 Å². The third-order valence-electron chi connectivity index (χ3n) is 2.88. The highest BCUT2D eigenvalue weighted by atomic mass is 19.4. The number of alkyl halides is 3. The van der Waals surface area contributed by atoms with E-state index in [2.05, 4.69) is 10.1 Å². The Bertz CT molecular complexity index is 401. The number of likely N-dealkylation sites (tertiary alicyclic amines) is 1. The lowest BCUT2D eigenvalue weighted by atomic mass is 10.1. The van der Waals surface area contributed by atoms with E-state index in [0.717, 1.165) is 0 Å². The molecule has 2 amide bonds. The minimum Gasteiger partial charge on any atom is -0.444 e. The van der Waals surface area contributed by atoms with E-state index >= 15 is 0 Å². The van der Waals surface area contributed by atoms with E-state index in [1.54, 1.807) is 20.8 Å². The highest BCUT2D eigenvalue weighted by Crippen LogP contribution is 2.24. The number of hydrogen-bond acceptors (Lipinski definition) is 4. The first kappa shape index (κ1) is 22.5. The highest BCUT2D eigenvalue weighted by Gasteiger charge is 2.35. The summed E-state index contributed by atoms with van der Waals surface area (Å²) < 4.78 is 45.1. The number of hydrogen-bond donors (Lipinski definition) is 1. The Kier molecular flexibility index (Phi) is 9.09. The van der Waals surface area contributed by atoms with Crippen LogP contribution in [0.1, 0.15) is 47.5 Å². The van der Waals surface area contributed by atoms with Crippen LogP contribution < -0.4 is 5.32 Å². The van der Waals surface area contributed by atoms with Gasteiger partial charge in [0.2, 0.25) is 5.91 Å². The maximum Gasteiger partial charge on any atom is 0.522 e. The van der Waals surface area contributed by atoms with E-state index in [1.165, 1.54) is 4.90 Å². The molecule has 0 saturated carbocycles. The molecule has 1 aliphatic rings. The van der Waals surface area contributed by atoms with E-state index in [9.17, 15) is 22.8 Å². The SMILES string of the molecule is CC.CC(C)(C)OC(=O)NCC(=O)N1CCC(OC(F)(F)F)CC1. The standard InChI is InChI=1S/C13H21F3N2O4.C2H6/c1-12(2,3)22-11(20)17-8-10(19)18-6-4-9(5-7-18)21-13(14,15)16;1-2/h9H,4-8H2,1-3H3,(H,17,20);1-2H3. The molecule has 0 unspecified atom stereocenters. The zero-order valence-electron chi connectivity index (χ0n) is 14.8. The summed E-state index contributed by atoms with van der Waals surface area (Å²) in [7, 11) is 0. The first-order valence-corrected chi connectivity index (χ1v) is 7.95. The van der Waals surface area contributed by atoms with Gasteiger partial charge in [-0.15, -0.1) is 13.2 Å². The average molecular weight is 356 g/mol. The molecule has 6 nitrogen and oxygen atoms in total. The van der Waals surface area contributed by atoms with Crippen LogP contribution in [0.4, 0.5) is 18.0 Å². The largest absolute Gasteiger partial charge is 0.522 e. The molecule has 0 aromatic rings. The Hall–Kier alpha value is -1.51. The Morgan fingerprint density at radius 3 is 2.04 bits per heavy atom. The zero-order valence-corrected chi connectivity index (χ0v) is 14.8. The van der Waals surface area contributed by atoms with Crippen molar-refractivity contribution in [3.05, 3.63) is 0 Å². The fourth-order valence-corrected chi connectivity index (χ4v) is 1.99. The molecule has 1 aliphatic heterocycles. The lowest BCUT2D eigenvalue weighted by Crippen LogP contribution is -2.46. The molecular formula is C15H27F3N2O4. The molecule has 1 saturated heterocycles. The molecule has 1 rings (SSSR count). The van der Waals surface area contributed by atoms with Gasteiger partial charge in [0.1, 0.15) is 12.1 Å². The van der Waals surface area contributed by atoms with Gasteiger partial charge in [0.25, 0.3) is 0 Å². The van der Waals surface area contributed by atoms with Crippen molar-refractivity contribution < 1.29 is 32.2 Å². The summed E-state index contributed by atoms with van der Waals surface area (Å²) in [4.78, 5) is 24.7. The Balaban J connectivity index is 0.00000254. The van der Waals surface area contributed by atoms with Gasteiger partial charge in [-0.2, -0.15) is 0 Å². The molecule has 0 atom stereocenters. The maximum absolute atomic E-state index is 12.1. The molecule has 0 radical (unpaired) electrons. The second-order valence-electron chi connectivity index (χ2n) is 6.00. The van der Waals surface area contributed by atoms with Crippen molar-refractivity contribution in [2.45, 2.75) is 65.5 Å². The number of nitrogens with one attached hydrogen (secondary N) is 1. The molecule has 1 N–H and O–H groups in total. The summed E-state index contributed by atoms with van der Waals surface area (Å²) in [5.41, 5.74) is -0.666. The number of piperidine rings is 1. The summed E-state index contributed by atoms with van der Waals surface area (Å²) in [6.07, 6.45) is -6.08. The quantitative estimate of drug-likeness (QED) is 0.844. The van der Waals surface area contributed by atoms with Gasteiger partial charge in [0.05, 0.1) is 6.10 Å².